The molecule has 0 aromatic rings. The predicted octanol–water partition coefficient (Wildman–Crippen LogP) is 3.03. The van der Waals surface area contributed by atoms with Crippen molar-refractivity contribution in [2.75, 3.05) is 7.11 Å². The highest BCUT2D eigenvalue weighted by Gasteiger charge is 2.41. The highest BCUT2D eigenvalue weighted by atomic mass is 16.5. The molecule has 0 radical (unpaired) electrons. The molecule has 0 N–H and O–H groups in total. The number of hydrogen-bond acceptors (Lipinski definition) is 3. The smallest absolute Gasteiger partial charge is 0.150 e. The van der Waals surface area contributed by atoms with E-state index in [2.05, 4.69) is 6.58 Å². The molecule has 0 saturated heterocycles. The van der Waals surface area contributed by atoms with E-state index in [1.807, 2.05) is 26.8 Å². The van der Waals surface area contributed by atoms with Gasteiger partial charge >= 0.3 is 0 Å². The second kappa shape index (κ2) is 6.28. The molecule has 0 rings (SSSR count). The van der Waals surface area contributed by atoms with Crippen LogP contribution in [0.25, 0.3) is 0 Å². The highest BCUT2D eigenvalue weighted by Crippen LogP contribution is 2.35. The van der Waals surface area contributed by atoms with Crippen LogP contribution in [0.4, 0.5) is 0 Å². The van der Waals surface area contributed by atoms with Crippen molar-refractivity contribution in [1.29, 1.82) is 0 Å². The summed E-state index contributed by atoms with van der Waals surface area (Å²) in [6.07, 6.45) is 3.06. The van der Waals surface area contributed by atoms with E-state index >= 15 is 0 Å². The Balaban J connectivity index is 5.14. The van der Waals surface area contributed by atoms with Gasteiger partial charge in [0.1, 0.15) is 6.29 Å². The number of aldehydes is 1. The summed E-state index contributed by atoms with van der Waals surface area (Å²) in [4.78, 5) is 23.3. The third kappa shape index (κ3) is 3.77. The fraction of sp³-hybridized carbons (Fsp3) is 0.733. The van der Waals surface area contributed by atoms with Gasteiger partial charge in [0.25, 0.3) is 0 Å². The predicted molar refractivity (Wildman–Crippen MR) is 73.4 cm³/mol. The van der Waals surface area contributed by atoms with Crippen LogP contribution in [0, 0.1) is 16.7 Å². The van der Waals surface area contributed by atoms with Crippen molar-refractivity contribution < 1.29 is 14.3 Å². The minimum absolute atomic E-state index is 0.0820. The van der Waals surface area contributed by atoms with Crippen LogP contribution < -0.4 is 0 Å². The lowest BCUT2D eigenvalue weighted by Gasteiger charge is -2.37. The Labute approximate surface area is 111 Å². The summed E-state index contributed by atoms with van der Waals surface area (Å²) in [5, 5.41) is 0. The molecule has 18 heavy (non-hydrogen) atoms. The average Bonchev–Trinajstić information content (AvgIpc) is 2.28. The maximum absolute atomic E-state index is 12.3. The lowest BCUT2D eigenvalue weighted by molar-refractivity contribution is -0.142. The Morgan fingerprint density at radius 1 is 1.33 bits per heavy atom. The Kier molecular flexibility index (Phi) is 5.94. The van der Waals surface area contributed by atoms with E-state index in [4.69, 9.17) is 4.74 Å². The minimum atomic E-state index is -0.958. The normalized spacial score (nSPS) is 15.9. The molecule has 3 heteroatoms. The molecule has 0 saturated carbocycles. The molecule has 104 valence electrons. The summed E-state index contributed by atoms with van der Waals surface area (Å²) in [6.45, 7) is 12.9. The zero-order valence-electron chi connectivity index (χ0n) is 12.4. The van der Waals surface area contributed by atoms with Gasteiger partial charge in [-0.25, -0.2) is 0 Å². The van der Waals surface area contributed by atoms with Gasteiger partial charge in [-0.3, -0.25) is 4.79 Å². The van der Waals surface area contributed by atoms with Gasteiger partial charge in [0.15, 0.2) is 5.78 Å². The van der Waals surface area contributed by atoms with Crippen molar-refractivity contribution in [2.45, 2.75) is 47.1 Å². The monoisotopic (exact) mass is 254 g/mol. The molecule has 0 heterocycles. The Bertz CT molecular complexity index is 316. The molecule has 0 aliphatic carbocycles. The van der Waals surface area contributed by atoms with Gasteiger partial charge in [-0.05, 0) is 25.7 Å². The first-order chi connectivity index (χ1) is 8.14. The number of methoxy groups -OCH3 is 1. The van der Waals surface area contributed by atoms with Crippen LogP contribution in [-0.4, -0.2) is 25.3 Å². The fourth-order valence-corrected chi connectivity index (χ4v) is 2.47. The van der Waals surface area contributed by atoms with E-state index in [0.29, 0.717) is 6.29 Å². The molecule has 0 aromatic carbocycles. The number of rotatable bonds is 8. The maximum atomic E-state index is 12.3. The molecule has 0 bridgehead atoms. The van der Waals surface area contributed by atoms with Crippen molar-refractivity contribution in [3.05, 3.63) is 12.7 Å². The summed E-state index contributed by atoms with van der Waals surface area (Å²) >= 11 is 0. The highest BCUT2D eigenvalue weighted by molar-refractivity contribution is 5.98. The number of carbonyl (C=O) groups excluding carboxylic acids is 2. The first kappa shape index (κ1) is 17.0. The Hall–Kier alpha value is -0.960. The van der Waals surface area contributed by atoms with E-state index < -0.39 is 5.41 Å². The number of Topliss-reactive ketones (excluding diaryl/α,β-unsaturated/α-hetero) is 1. The molecule has 0 aliphatic rings. The van der Waals surface area contributed by atoms with Crippen LogP contribution >= 0.6 is 0 Å². The van der Waals surface area contributed by atoms with Crippen LogP contribution in [0.1, 0.15) is 41.0 Å². The second-order valence-corrected chi connectivity index (χ2v) is 6.13. The number of carbonyl (C=O) groups is 2. The van der Waals surface area contributed by atoms with Crippen molar-refractivity contribution in [3.8, 4) is 0 Å². The van der Waals surface area contributed by atoms with Gasteiger partial charge in [0, 0.05) is 13.0 Å². The van der Waals surface area contributed by atoms with E-state index in [1.165, 1.54) is 0 Å². The topological polar surface area (TPSA) is 43.4 Å². The standard InChI is InChI=1S/C15H26O3/c1-8-9-14(3,4)13(18-7)11(2)12(17)15(5,6)10-16/h8,10-11,13H,1,9H2,2-7H3/t11-,13?/m0/s1. The van der Waals surface area contributed by atoms with Crippen LogP contribution in [0.5, 0.6) is 0 Å². The van der Waals surface area contributed by atoms with E-state index in [0.717, 1.165) is 6.42 Å². The Morgan fingerprint density at radius 3 is 2.17 bits per heavy atom. The molecule has 2 atom stereocenters. The molecule has 1 unspecified atom stereocenters. The third-order valence-corrected chi connectivity index (χ3v) is 3.49. The van der Waals surface area contributed by atoms with Crippen molar-refractivity contribution >= 4 is 12.1 Å². The summed E-state index contributed by atoms with van der Waals surface area (Å²) in [6, 6.07) is 0. The molecule has 3 nitrogen and oxygen atoms in total. The van der Waals surface area contributed by atoms with E-state index in [1.54, 1.807) is 21.0 Å². The number of allylic oxidation sites excluding steroid dienone is 1. The summed E-state index contributed by atoms with van der Waals surface area (Å²) < 4.78 is 5.51. The molecular weight excluding hydrogens is 228 g/mol. The molecule has 0 fully saturated rings. The van der Waals surface area contributed by atoms with Crippen LogP contribution in [0.2, 0.25) is 0 Å². The Morgan fingerprint density at radius 2 is 1.83 bits per heavy atom. The largest absolute Gasteiger partial charge is 0.380 e. The van der Waals surface area contributed by atoms with Crippen molar-refractivity contribution in [2.24, 2.45) is 16.7 Å². The van der Waals surface area contributed by atoms with Crippen LogP contribution in [0.3, 0.4) is 0 Å². The van der Waals surface area contributed by atoms with Crippen molar-refractivity contribution in [1.82, 2.24) is 0 Å². The second-order valence-electron chi connectivity index (χ2n) is 6.13. The van der Waals surface area contributed by atoms with Gasteiger partial charge in [-0.1, -0.05) is 26.8 Å². The maximum Gasteiger partial charge on any atom is 0.150 e. The zero-order valence-corrected chi connectivity index (χ0v) is 12.4. The van der Waals surface area contributed by atoms with Crippen molar-refractivity contribution in [3.63, 3.8) is 0 Å². The minimum Gasteiger partial charge on any atom is -0.380 e. The van der Waals surface area contributed by atoms with Gasteiger partial charge in [0.2, 0.25) is 0 Å². The molecular formula is C15H26O3. The lowest BCUT2D eigenvalue weighted by atomic mass is 9.72. The van der Waals surface area contributed by atoms with E-state index in [9.17, 15) is 9.59 Å². The first-order valence-corrected chi connectivity index (χ1v) is 6.28. The van der Waals surface area contributed by atoms with Gasteiger partial charge in [0.05, 0.1) is 11.5 Å². The number of ether oxygens (including phenoxy) is 1. The summed E-state index contributed by atoms with van der Waals surface area (Å²) in [7, 11) is 1.60. The molecule has 0 aliphatic heterocycles. The van der Waals surface area contributed by atoms with E-state index in [-0.39, 0.29) is 23.2 Å². The summed E-state index contributed by atoms with van der Waals surface area (Å²) in [5.41, 5.74) is -1.15. The van der Waals surface area contributed by atoms with Crippen LogP contribution in [0.15, 0.2) is 12.7 Å². The molecule has 0 amide bonds. The fourth-order valence-electron chi connectivity index (χ4n) is 2.47. The SMILES string of the molecule is C=CCC(C)(C)C(OC)[C@@H](C)C(=O)C(C)(C)C=O. The molecule has 0 aromatic heterocycles. The van der Waals surface area contributed by atoms with Gasteiger partial charge < -0.3 is 9.53 Å². The van der Waals surface area contributed by atoms with Crippen LogP contribution in [-0.2, 0) is 14.3 Å². The number of hydrogen-bond donors (Lipinski definition) is 0. The van der Waals surface area contributed by atoms with Gasteiger partial charge in [-0.2, -0.15) is 0 Å². The zero-order chi connectivity index (χ0) is 14.6. The number of ketones is 1. The summed E-state index contributed by atoms with van der Waals surface area (Å²) in [5.74, 6) is -0.411. The first-order valence-electron chi connectivity index (χ1n) is 6.28. The average molecular weight is 254 g/mol. The third-order valence-electron chi connectivity index (χ3n) is 3.49. The van der Waals surface area contributed by atoms with Gasteiger partial charge in [-0.15, -0.1) is 6.58 Å². The molecule has 0 spiro atoms. The lowest BCUT2D eigenvalue weighted by Crippen LogP contribution is -2.44. The quantitative estimate of drug-likeness (QED) is 0.380.